The number of rotatable bonds is 3. The van der Waals surface area contributed by atoms with Crippen LogP contribution in [0.5, 0.6) is 5.75 Å². The van der Waals surface area contributed by atoms with Crippen LogP contribution in [-0.2, 0) is 0 Å². The number of methoxy groups -OCH3 is 1. The number of hydrogen-bond acceptors (Lipinski definition) is 5. The van der Waals surface area contributed by atoms with Crippen molar-refractivity contribution in [1.82, 2.24) is 4.98 Å². The second-order valence-electron chi connectivity index (χ2n) is 3.47. The Balaban J connectivity index is 2.29. The minimum Gasteiger partial charge on any atom is -0.495 e. The number of nitrogens with zero attached hydrogens (tertiary/aromatic N) is 2. The largest absolute Gasteiger partial charge is 0.495 e. The minimum atomic E-state index is 0.583. The van der Waals surface area contributed by atoms with E-state index in [-0.39, 0.29) is 0 Å². The first kappa shape index (κ1) is 11.4. The summed E-state index contributed by atoms with van der Waals surface area (Å²) in [4.78, 5) is 4.70. The zero-order valence-corrected chi connectivity index (χ0v) is 10.3. The first-order valence-electron chi connectivity index (χ1n) is 5.00. The normalized spacial score (nSPS) is 9.71. The molecule has 1 aromatic carbocycles. The van der Waals surface area contributed by atoms with E-state index in [1.807, 2.05) is 25.1 Å². The van der Waals surface area contributed by atoms with Gasteiger partial charge in [0.1, 0.15) is 16.7 Å². The highest BCUT2D eigenvalue weighted by molar-refractivity contribution is 7.16. The summed E-state index contributed by atoms with van der Waals surface area (Å²) in [5, 5.41) is 12.6. The van der Waals surface area contributed by atoms with Crippen molar-refractivity contribution in [2.45, 2.75) is 6.92 Å². The zero-order valence-electron chi connectivity index (χ0n) is 9.52. The SMILES string of the molecule is COc1ccc(C)cc1Nc1ncc(C#N)s1. The molecule has 17 heavy (non-hydrogen) atoms. The van der Waals surface area contributed by atoms with Crippen LogP contribution in [0.3, 0.4) is 0 Å². The van der Waals surface area contributed by atoms with Crippen molar-refractivity contribution in [1.29, 1.82) is 5.26 Å². The average Bonchev–Trinajstić information content (AvgIpc) is 2.77. The Hall–Kier alpha value is -2.06. The molecule has 0 spiro atoms. The van der Waals surface area contributed by atoms with Crippen LogP contribution in [0.4, 0.5) is 10.8 Å². The van der Waals surface area contributed by atoms with Gasteiger partial charge < -0.3 is 10.1 Å². The third kappa shape index (κ3) is 2.55. The lowest BCUT2D eigenvalue weighted by molar-refractivity contribution is 0.416. The van der Waals surface area contributed by atoms with E-state index in [0.717, 1.165) is 17.0 Å². The molecule has 0 saturated heterocycles. The lowest BCUT2D eigenvalue weighted by atomic mass is 10.2. The van der Waals surface area contributed by atoms with Crippen molar-refractivity contribution in [3.05, 3.63) is 34.8 Å². The maximum Gasteiger partial charge on any atom is 0.188 e. The lowest BCUT2D eigenvalue weighted by Gasteiger charge is -2.09. The van der Waals surface area contributed by atoms with Crippen LogP contribution < -0.4 is 10.1 Å². The number of aromatic nitrogens is 1. The summed E-state index contributed by atoms with van der Waals surface area (Å²) in [6.45, 7) is 2.01. The van der Waals surface area contributed by atoms with Gasteiger partial charge in [-0.2, -0.15) is 5.26 Å². The molecule has 0 unspecified atom stereocenters. The summed E-state index contributed by atoms with van der Waals surface area (Å²) < 4.78 is 5.26. The van der Waals surface area contributed by atoms with E-state index in [2.05, 4.69) is 16.4 Å². The molecule has 2 rings (SSSR count). The number of anilines is 2. The summed E-state index contributed by atoms with van der Waals surface area (Å²) in [7, 11) is 1.62. The second kappa shape index (κ2) is 4.85. The fourth-order valence-electron chi connectivity index (χ4n) is 1.42. The summed E-state index contributed by atoms with van der Waals surface area (Å²) in [5.41, 5.74) is 1.98. The minimum absolute atomic E-state index is 0.583. The van der Waals surface area contributed by atoms with Crippen molar-refractivity contribution in [2.75, 3.05) is 12.4 Å². The van der Waals surface area contributed by atoms with Crippen molar-refractivity contribution in [3.63, 3.8) is 0 Å². The molecule has 1 aromatic heterocycles. The highest BCUT2D eigenvalue weighted by Crippen LogP contribution is 2.30. The van der Waals surface area contributed by atoms with Gasteiger partial charge >= 0.3 is 0 Å². The van der Waals surface area contributed by atoms with Crippen LogP contribution >= 0.6 is 11.3 Å². The van der Waals surface area contributed by atoms with E-state index < -0.39 is 0 Å². The van der Waals surface area contributed by atoms with Gasteiger partial charge in [0.25, 0.3) is 0 Å². The molecule has 4 nitrogen and oxygen atoms in total. The van der Waals surface area contributed by atoms with Gasteiger partial charge in [-0.05, 0) is 24.6 Å². The molecule has 2 aromatic rings. The monoisotopic (exact) mass is 245 g/mol. The molecule has 0 saturated carbocycles. The third-order valence-corrected chi connectivity index (χ3v) is 3.03. The van der Waals surface area contributed by atoms with Crippen LogP contribution in [0.2, 0.25) is 0 Å². The Morgan fingerprint density at radius 3 is 2.94 bits per heavy atom. The molecule has 0 fully saturated rings. The first-order valence-corrected chi connectivity index (χ1v) is 5.82. The van der Waals surface area contributed by atoms with Crippen LogP contribution in [0.25, 0.3) is 0 Å². The highest BCUT2D eigenvalue weighted by Gasteiger charge is 2.06. The smallest absolute Gasteiger partial charge is 0.188 e. The van der Waals surface area contributed by atoms with Gasteiger partial charge in [-0.15, -0.1) is 0 Å². The Kier molecular flexibility index (Phi) is 3.26. The van der Waals surface area contributed by atoms with Gasteiger partial charge in [-0.1, -0.05) is 17.4 Å². The fraction of sp³-hybridized carbons (Fsp3) is 0.167. The van der Waals surface area contributed by atoms with E-state index in [1.165, 1.54) is 11.3 Å². The molecule has 0 aliphatic carbocycles. The molecule has 1 heterocycles. The summed E-state index contributed by atoms with van der Waals surface area (Å²) in [6.07, 6.45) is 1.55. The summed E-state index contributed by atoms with van der Waals surface area (Å²) >= 11 is 1.31. The average molecular weight is 245 g/mol. The first-order chi connectivity index (χ1) is 8.22. The number of thiazole rings is 1. The molecular weight excluding hydrogens is 234 g/mol. The van der Waals surface area contributed by atoms with Gasteiger partial charge in [0.05, 0.1) is 19.0 Å². The van der Waals surface area contributed by atoms with Crippen LogP contribution in [0.1, 0.15) is 10.4 Å². The number of hydrogen-bond donors (Lipinski definition) is 1. The van der Waals surface area contributed by atoms with Crippen molar-refractivity contribution >= 4 is 22.2 Å². The molecular formula is C12H11N3OS. The highest BCUT2D eigenvalue weighted by atomic mass is 32.1. The van der Waals surface area contributed by atoms with Crippen LogP contribution in [0, 0.1) is 18.3 Å². The fourth-order valence-corrected chi connectivity index (χ4v) is 2.04. The molecule has 86 valence electrons. The number of nitriles is 1. The van der Waals surface area contributed by atoms with Gasteiger partial charge in [0, 0.05) is 0 Å². The molecule has 5 heteroatoms. The summed E-state index contributed by atoms with van der Waals surface area (Å²) in [6, 6.07) is 7.91. The molecule has 0 amide bonds. The van der Waals surface area contributed by atoms with Gasteiger partial charge in [-0.3, -0.25) is 0 Å². The molecule has 0 atom stereocenters. The second-order valence-corrected chi connectivity index (χ2v) is 4.50. The van der Waals surface area contributed by atoms with Crippen molar-refractivity contribution in [3.8, 4) is 11.8 Å². The number of ether oxygens (including phenoxy) is 1. The number of aryl methyl sites for hydroxylation is 1. The third-order valence-electron chi connectivity index (χ3n) is 2.21. The van der Waals surface area contributed by atoms with E-state index in [9.17, 15) is 0 Å². The predicted molar refractivity (Wildman–Crippen MR) is 67.8 cm³/mol. The quantitative estimate of drug-likeness (QED) is 0.902. The molecule has 0 aliphatic rings. The zero-order chi connectivity index (χ0) is 12.3. The maximum absolute atomic E-state index is 8.73. The van der Waals surface area contributed by atoms with E-state index in [0.29, 0.717) is 10.0 Å². The van der Waals surface area contributed by atoms with E-state index >= 15 is 0 Å². The predicted octanol–water partition coefficient (Wildman–Crippen LogP) is 3.08. The maximum atomic E-state index is 8.73. The standard InChI is InChI=1S/C12H11N3OS/c1-8-3-4-11(16-2)10(5-8)15-12-14-7-9(6-13)17-12/h3-5,7H,1-2H3,(H,14,15). The van der Waals surface area contributed by atoms with Gasteiger partial charge in [0.15, 0.2) is 5.13 Å². The Morgan fingerprint density at radius 1 is 1.47 bits per heavy atom. The topological polar surface area (TPSA) is 57.9 Å². The molecule has 0 bridgehead atoms. The van der Waals surface area contributed by atoms with Gasteiger partial charge in [0.2, 0.25) is 0 Å². The lowest BCUT2D eigenvalue weighted by Crippen LogP contribution is -1.94. The Morgan fingerprint density at radius 2 is 2.29 bits per heavy atom. The Labute approximate surface area is 103 Å². The van der Waals surface area contributed by atoms with E-state index in [4.69, 9.17) is 10.00 Å². The summed E-state index contributed by atoms with van der Waals surface area (Å²) in [5.74, 6) is 0.754. The molecule has 0 aliphatic heterocycles. The van der Waals surface area contributed by atoms with Gasteiger partial charge in [-0.25, -0.2) is 4.98 Å². The number of benzene rings is 1. The van der Waals surface area contributed by atoms with Crippen LogP contribution in [-0.4, -0.2) is 12.1 Å². The Bertz CT molecular complexity index is 571. The molecule has 1 N–H and O–H groups in total. The van der Waals surface area contributed by atoms with Crippen LogP contribution in [0.15, 0.2) is 24.4 Å². The number of nitrogens with one attached hydrogen (secondary N) is 1. The molecule has 0 radical (unpaired) electrons. The van der Waals surface area contributed by atoms with E-state index in [1.54, 1.807) is 13.3 Å². The van der Waals surface area contributed by atoms with Crippen molar-refractivity contribution in [2.24, 2.45) is 0 Å². The van der Waals surface area contributed by atoms with Crippen molar-refractivity contribution < 1.29 is 4.74 Å².